The zero-order valence-corrected chi connectivity index (χ0v) is 11.8. The van der Waals surface area contributed by atoms with Crippen molar-refractivity contribution >= 4 is 18.1 Å². The van der Waals surface area contributed by atoms with Crippen LogP contribution in [-0.4, -0.2) is 63.6 Å². The molecule has 23 heavy (non-hydrogen) atoms. The monoisotopic (exact) mass is 326 g/mol. The molecule has 6 N–H and O–H groups in total. The van der Waals surface area contributed by atoms with Gasteiger partial charge in [0.25, 0.3) is 5.91 Å². The predicted molar refractivity (Wildman–Crippen MR) is 73.1 cm³/mol. The molecule has 0 bridgehead atoms. The Labute approximate surface area is 129 Å². The first-order valence-corrected chi connectivity index (χ1v) is 6.07. The Morgan fingerprint density at radius 3 is 2.78 bits per heavy atom. The fourth-order valence-corrected chi connectivity index (χ4v) is 1.95. The van der Waals surface area contributed by atoms with Gasteiger partial charge in [-0.25, -0.2) is 10.5 Å². The zero-order chi connectivity index (χ0) is 17.7. The van der Waals surface area contributed by atoms with Crippen LogP contribution in [0.5, 0.6) is 0 Å². The number of nitrogens with one attached hydrogen (secondary N) is 3. The SMILES string of the molecule is C[C@]1(N=[N+]=[N-])[C@H](N=C(NO)NC(=O)C=N)O[C@](C#N)(CO)[C@H]1O. The van der Waals surface area contributed by atoms with E-state index < -0.39 is 41.9 Å². The minimum Gasteiger partial charge on any atom is -0.392 e. The maximum absolute atomic E-state index is 11.1. The highest BCUT2D eigenvalue weighted by Crippen LogP contribution is 2.41. The van der Waals surface area contributed by atoms with E-state index in [1.54, 1.807) is 6.07 Å². The summed E-state index contributed by atoms with van der Waals surface area (Å²) in [5, 5.41) is 49.7. The highest BCUT2D eigenvalue weighted by atomic mass is 16.6. The molecule has 0 saturated carbocycles. The molecule has 1 heterocycles. The number of hydroxylamine groups is 1. The average molecular weight is 326 g/mol. The summed E-state index contributed by atoms with van der Waals surface area (Å²) in [6.07, 6.45) is -2.87. The molecule has 1 aliphatic rings. The molecule has 0 radical (unpaired) electrons. The number of aliphatic hydroxyl groups excluding tert-OH is 2. The second-order valence-corrected chi connectivity index (χ2v) is 4.67. The van der Waals surface area contributed by atoms with Gasteiger partial charge in [0.2, 0.25) is 11.6 Å². The molecule has 1 amide bonds. The Morgan fingerprint density at radius 1 is 1.70 bits per heavy atom. The molecular weight excluding hydrogens is 312 g/mol. The van der Waals surface area contributed by atoms with Crippen LogP contribution in [0.1, 0.15) is 6.92 Å². The van der Waals surface area contributed by atoms with E-state index in [1.165, 1.54) is 12.4 Å². The van der Waals surface area contributed by atoms with Gasteiger partial charge in [-0.1, -0.05) is 5.11 Å². The van der Waals surface area contributed by atoms with E-state index in [2.05, 4.69) is 15.0 Å². The maximum Gasteiger partial charge on any atom is 0.268 e. The molecule has 1 aliphatic heterocycles. The first kappa shape index (κ1) is 18.3. The summed E-state index contributed by atoms with van der Waals surface area (Å²) < 4.78 is 5.20. The lowest BCUT2D eigenvalue weighted by Gasteiger charge is -2.26. The molecule has 1 rings (SSSR count). The number of guanidine groups is 1. The van der Waals surface area contributed by atoms with E-state index >= 15 is 0 Å². The van der Waals surface area contributed by atoms with Gasteiger partial charge in [0, 0.05) is 4.91 Å². The quantitative estimate of drug-likeness (QED) is 0.0861. The van der Waals surface area contributed by atoms with Crippen molar-refractivity contribution in [1.82, 2.24) is 10.8 Å². The normalized spacial score (nSPS) is 33.3. The van der Waals surface area contributed by atoms with E-state index in [0.29, 0.717) is 6.21 Å². The molecule has 124 valence electrons. The van der Waals surface area contributed by atoms with Crippen LogP contribution in [-0.2, 0) is 9.53 Å². The Morgan fingerprint density at radius 2 is 2.35 bits per heavy atom. The molecule has 13 heteroatoms. The molecule has 0 aromatic rings. The number of rotatable bonds is 4. The van der Waals surface area contributed by atoms with Gasteiger partial charge < -0.3 is 20.4 Å². The highest BCUT2D eigenvalue weighted by Gasteiger charge is 2.62. The van der Waals surface area contributed by atoms with E-state index in [0.717, 1.165) is 0 Å². The van der Waals surface area contributed by atoms with Crippen LogP contribution >= 0.6 is 0 Å². The van der Waals surface area contributed by atoms with E-state index in [4.69, 9.17) is 26.1 Å². The van der Waals surface area contributed by atoms with E-state index in [1.807, 2.05) is 5.32 Å². The summed E-state index contributed by atoms with van der Waals surface area (Å²) in [5.74, 6) is -1.52. The maximum atomic E-state index is 11.1. The van der Waals surface area contributed by atoms with Gasteiger partial charge in [0.05, 0.1) is 12.8 Å². The third-order valence-electron chi connectivity index (χ3n) is 3.23. The molecule has 1 fully saturated rings. The summed E-state index contributed by atoms with van der Waals surface area (Å²) in [6, 6.07) is 1.58. The minimum absolute atomic E-state index is 0.400. The Kier molecular flexibility index (Phi) is 5.57. The van der Waals surface area contributed by atoms with Gasteiger partial charge in [-0.3, -0.25) is 15.3 Å². The highest BCUT2D eigenvalue weighted by molar-refractivity contribution is 6.28. The fraction of sp³-hybridized carbons (Fsp3) is 0.600. The van der Waals surface area contributed by atoms with Gasteiger partial charge in [-0.15, -0.1) is 0 Å². The van der Waals surface area contributed by atoms with Gasteiger partial charge in [-0.05, 0) is 12.5 Å². The third-order valence-corrected chi connectivity index (χ3v) is 3.23. The molecule has 1 saturated heterocycles. The first-order chi connectivity index (χ1) is 10.8. The summed E-state index contributed by atoms with van der Waals surface area (Å²) >= 11 is 0. The van der Waals surface area contributed by atoms with Gasteiger partial charge in [0.1, 0.15) is 17.7 Å². The number of azide groups is 1. The van der Waals surface area contributed by atoms with Crippen LogP contribution in [0.3, 0.4) is 0 Å². The lowest BCUT2D eigenvalue weighted by Crippen LogP contribution is -2.50. The van der Waals surface area contributed by atoms with Crippen molar-refractivity contribution in [3.63, 3.8) is 0 Å². The number of aliphatic imine (C=N–C) groups is 1. The molecule has 13 nitrogen and oxygen atoms in total. The summed E-state index contributed by atoms with van der Waals surface area (Å²) in [7, 11) is 0. The smallest absolute Gasteiger partial charge is 0.268 e. The van der Waals surface area contributed by atoms with Crippen molar-refractivity contribution in [1.29, 1.82) is 10.7 Å². The van der Waals surface area contributed by atoms with E-state index in [-0.39, 0.29) is 0 Å². The van der Waals surface area contributed by atoms with Gasteiger partial charge in [-0.2, -0.15) is 5.26 Å². The number of hydrogen-bond acceptors (Lipinski definition) is 9. The predicted octanol–water partition coefficient (Wildman–Crippen LogP) is -1.87. The van der Waals surface area contributed by atoms with Crippen LogP contribution in [0.4, 0.5) is 0 Å². The van der Waals surface area contributed by atoms with Crippen molar-refractivity contribution in [3.8, 4) is 6.07 Å². The molecule has 4 atom stereocenters. The average Bonchev–Trinajstić information content (AvgIpc) is 2.76. The first-order valence-electron chi connectivity index (χ1n) is 6.07. The van der Waals surface area contributed by atoms with Crippen LogP contribution in [0.15, 0.2) is 10.1 Å². The summed E-state index contributed by atoms with van der Waals surface area (Å²) in [6.45, 7) is 0.301. The van der Waals surface area contributed by atoms with Crippen LogP contribution in [0, 0.1) is 16.7 Å². The largest absolute Gasteiger partial charge is 0.392 e. The second-order valence-electron chi connectivity index (χ2n) is 4.67. The zero-order valence-electron chi connectivity index (χ0n) is 11.8. The van der Waals surface area contributed by atoms with Crippen LogP contribution < -0.4 is 10.8 Å². The lowest BCUT2D eigenvalue weighted by atomic mass is 9.86. The van der Waals surface area contributed by atoms with Crippen molar-refractivity contribution in [2.24, 2.45) is 10.1 Å². The Bertz CT molecular complexity index is 611. The number of hydrogen-bond donors (Lipinski definition) is 6. The van der Waals surface area contributed by atoms with Crippen LogP contribution in [0.2, 0.25) is 0 Å². The number of ether oxygens (including phenoxy) is 1. The molecule has 0 aromatic heterocycles. The number of carbonyl (C=O) groups is 1. The van der Waals surface area contributed by atoms with Crippen LogP contribution in [0.25, 0.3) is 10.4 Å². The Hall–Kier alpha value is -2.75. The Balaban J connectivity index is 3.31. The molecular formula is C10H14N8O5. The standard InChI is InChI=1S/C10H14N8O5/c1-9(17-18-13)6(21)10(3-12,4-19)23-7(9)15-8(16-22)14-5(20)2-11/h2,6-7,11,19,21-22H,4H2,1H3,(H2,14,15,16,20)/t6-,7+,9+,10+/m0/s1. The number of carbonyl (C=O) groups excluding carboxylic acids is 1. The van der Waals surface area contributed by atoms with Crippen molar-refractivity contribution < 1.29 is 25.0 Å². The molecule has 0 spiro atoms. The number of aliphatic hydroxyl groups is 2. The summed E-state index contributed by atoms with van der Waals surface area (Å²) in [4.78, 5) is 17.4. The van der Waals surface area contributed by atoms with Crippen molar-refractivity contribution in [3.05, 3.63) is 10.4 Å². The summed E-state index contributed by atoms with van der Waals surface area (Å²) in [5.41, 5.74) is 6.25. The van der Waals surface area contributed by atoms with Crippen molar-refractivity contribution in [2.45, 2.75) is 30.4 Å². The number of nitrogens with zero attached hydrogens (tertiary/aromatic N) is 5. The third kappa shape index (κ3) is 3.21. The lowest BCUT2D eigenvalue weighted by molar-refractivity contribution is -0.113. The molecule has 0 unspecified atom stereocenters. The second kappa shape index (κ2) is 7.01. The van der Waals surface area contributed by atoms with E-state index in [9.17, 15) is 15.0 Å². The molecule has 0 aromatic carbocycles. The van der Waals surface area contributed by atoms with Gasteiger partial charge in [0.15, 0.2) is 6.23 Å². The van der Waals surface area contributed by atoms with Gasteiger partial charge >= 0.3 is 0 Å². The number of nitriles is 1. The van der Waals surface area contributed by atoms with Crippen molar-refractivity contribution in [2.75, 3.05) is 6.61 Å². The topological polar surface area (TPSA) is 220 Å². The number of amides is 1. The molecule has 0 aliphatic carbocycles. The minimum atomic E-state index is -2.11. The fourth-order valence-electron chi connectivity index (χ4n) is 1.95.